The summed E-state index contributed by atoms with van der Waals surface area (Å²) in [6, 6.07) is 30.0. The normalized spacial score (nSPS) is 17.3. The Kier molecular flexibility index (Phi) is 5.22. The average Bonchev–Trinajstić information content (AvgIpc) is 3.01. The summed E-state index contributed by atoms with van der Waals surface area (Å²) >= 11 is 0. The molecular formula is C28H27N. The third kappa shape index (κ3) is 3.34. The Bertz CT molecular complexity index is 1160. The topological polar surface area (TPSA) is 4.93 Å². The van der Waals surface area contributed by atoms with Crippen LogP contribution in [0.25, 0.3) is 28.7 Å². The van der Waals surface area contributed by atoms with Gasteiger partial charge < -0.3 is 4.57 Å². The summed E-state index contributed by atoms with van der Waals surface area (Å²) in [5, 5.41) is 1.29. The Morgan fingerprint density at radius 2 is 1.24 bits per heavy atom. The molecule has 1 heterocycles. The lowest BCUT2D eigenvalue weighted by molar-refractivity contribution is 0.766. The second kappa shape index (κ2) is 7.97. The van der Waals surface area contributed by atoms with Gasteiger partial charge in [0.2, 0.25) is 0 Å². The first-order valence-corrected chi connectivity index (χ1v) is 10.4. The lowest BCUT2D eigenvalue weighted by Gasteiger charge is -2.22. The molecule has 144 valence electrons. The Labute approximate surface area is 173 Å². The lowest BCUT2D eigenvalue weighted by Crippen LogP contribution is -2.14. The molecular weight excluding hydrogens is 350 g/mol. The van der Waals surface area contributed by atoms with E-state index < -0.39 is 0 Å². The van der Waals surface area contributed by atoms with E-state index in [2.05, 4.69) is 121 Å². The Hall–Kier alpha value is -3.32. The van der Waals surface area contributed by atoms with Gasteiger partial charge in [0.05, 0.1) is 11.2 Å². The summed E-state index contributed by atoms with van der Waals surface area (Å²) in [5.41, 5.74) is 6.13. The number of hydrogen-bond donors (Lipinski definition) is 0. The van der Waals surface area contributed by atoms with Crippen LogP contribution in [0.1, 0.15) is 37.6 Å². The molecule has 1 atom stereocenters. The number of aromatic nitrogens is 1. The highest BCUT2D eigenvalue weighted by molar-refractivity contribution is 5.96. The summed E-state index contributed by atoms with van der Waals surface area (Å²) in [6.45, 7) is 6.27. The summed E-state index contributed by atoms with van der Waals surface area (Å²) in [4.78, 5) is 0. The Morgan fingerprint density at radius 1 is 0.655 bits per heavy atom. The zero-order chi connectivity index (χ0) is 20.3. The number of rotatable bonds is 2. The maximum atomic E-state index is 2.36. The van der Waals surface area contributed by atoms with E-state index in [9.17, 15) is 0 Å². The van der Waals surface area contributed by atoms with Crippen LogP contribution in [0.3, 0.4) is 0 Å². The molecule has 1 aliphatic rings. The van der Waals surface area contributed by atoms with Gasteiger partial charge in [-0.25, -0.2) is 0 Å². The minimum absolute atomic E-state index is 0.122. The summed E-state index contributed by atoms with van der Waals surface area (Å²) in [6.07, 6.45) is 9.23. The summed E-state index contributed by atoms with van der Waals surface area (Å²) in [7, 11) is 0. The fraction of sp³-hybridized carbons (Fsp3) is 0.143. The highest BCUT2D eigenvalue weighted by Crippen LogP contribution is 2.37. The van der Waals surface area contributed by atoms with Gasteiger partial charge in [-0.3, -0.25) is 0 Å². The molecule has 0 aliphatic heterocycles. The molecule has 3 aromatic carbocycles. The first-order valence-electron chi connectivity index (χ1n) is 10.4. The van der Waals surface area contributed by atoms with Crippen LogP contribution in [0.2, 0.25) is 0 Å². The van der Waals surface area contributed by atoms with Crippen LogP contribution >= 0.6 is 0 Å². The number of allylic oxidation sites excluding steroid dienone is 2. The molecule has 0 radical (unpaired) electrons. The molecule has 0 fully saturated rings. The Balaban J connectivity index is 0.000000994. The summed E-state index contributed by atoms with van der Waals surface area (Å²) < 4.78 is 2.36. The van der Waals surface area contributed by atoms with Crippen molar-refractivity contribution < 1.29 is 0 Å². The Morgan fingerprint density at radius 3 is 1.97 bits per heavy atom. The molecule has 0 spiro atoms. The second-order valence-electron chi connectivity index (χ2n) is 7.30. The maximum absolute atomic E-state index is 2.36. The van der Waals surface area contributed by atoms with E-state index in [1.165, 1.54) is 33.4 Å². The number of fused-ring (bicyclic) bond motifs is 3. The van der Waals surface area contributed by atoms with Crippen molar-refractivity contribution in [1.82, 2.24) is 4.57 Å². The fourth-order valence-electron chi connectivity index (χ4n) is 4.03. The second-order valence-corrected chi connectivity index (χ2v) is 7.30. The largest absolute Gasteiger partial charge is 0.309 e. The molecule has 0 N–H and O–H groups in total. The van der Waals surface area contributed by atoms with Crippen LogP contribution in [0.5, 0.6) is 0 Å². The molecule has 0 saturated carbocycles. The van der Waals surface area contributed by atoms with Crippen molar-refractivity contribution in [2.75, 3.05) is 0 Å². The van der Waals surface area contributed by atoms with Crippen LogP contribution in [0.15, 0.2) is 97.1 Å². The van der Waals surface area contributed by atoms with E-state index in [4.69, 9.17) is 0 Å². The monoisotopic (exact) mass is 377 g/mol. The van der Waals surface area contributed by atoms with Crippen LogP contribution in [0.4, 0.5) is 0 Å². The van der Waals surface area contributed by atoms with Gasteiger partial charge in [0.15, 0.2) is 0 Å². The molecule has 1 heteroatoms. The molecule has 5 rings (SSSR count). The zero-order valence-corrected chi connectivity index (χ0v) is 17.3. The third-order valence-electron chi connectivity index (χ3n) is 5.55. The number of hydrogen-bond acceptors (Lipinski definition) is 0. The van der Waals surface area contributed by atoms with E-state index >= 15 is 0 Å². The minimum Gasteiger partial charge on any atom is -0.309 e. The molecule has 0 amide bonds. The number of nitrogens with zero attached hydrogens (tertiary/aromatic N) is 1. The maximum Gasteiger partial charge on any atom is 0.0541 e. The van der Waals surface area contributed by atoms with E-state index in [1.54, 1.807) is 0 Å². The van der Waals surface area contributed by atoms with Crippen molar-refractivity contribution >= 4 is 23.1 Å². The van der Waals surface area contributed by atoms with Gasteiger partial charge in [0, 0.05) is 22.1 Å². The van der Waals surface area contributed by atoms with Gasteiger partial charge >= 0.3 is 0 Å². The van der Waals surface area contributed by atoms with Crippen molar-refractivity contribution in [2.24, 2.45) is 0 Å². The number of benzene rings is 3. The quantitative estimate of drug-likeness (QED) is 0.338. The van der Waals surface area contributed by atoms with Crippen molar-refractivity contribution in [2.45, 2.75) is 26.2 Å². The molecule has 1 nitrogen and oxygen atoms in total. The van der Waals surface area contributed by atoms with E-state index in [0.29, 0.717) is 0 Å². The molecule has 0 saturated heterocycles. The third-order valence-corrected chi connectivity index (χ3v) is 5.55. The predicted octanol–water partition coefficient (Wildman–Crippen LogP) is 7.65. The predicted molar refractivity (Wildman–Crippen MR) is 126 cm³/mol. The van der Waals surface area contributed by atoms with Gasteiger partial charge in [0.1, 0.15) is 0 Å². The van der Waals surface area contributed by atoms with Crippen molar-refractivity contribution in [3.63, 3.8) is 0 Å². The molecule has 4 aromatic rings. The smallest absolute Gasteiger partial charge is 0.0541 e. The average molecular weight is 378 g/mol. The lowest BCUT2D eigenvalue weighted by atomic mass is 9.82. The highest BCUT2D eigenvalue weighted by atomic mass is 15.0. The van der Waals surface area contributed by atoms with Gasteiger partial charge in [-0.1, -0.05) is 98.8 Å². The van der Waals surface area contributed by atoms with Crippen molar-refractivity contribution in [3.05, 3.63) is 114 Å². The molecule has 29 heavy (non-hydrogen) atoms. The van der Waals surface area contributed by atoms with Crippen molar-refractivity contribution in [1.29, 1.82) is 0 Å². The molecule has 1 unspecified atom stereocenters. The van der Waals surface area contributed by atoms with Crippen molar-refractivity contribution in [3.8, 4) is 5.69 Å². The van der Waals surface area contributed by atoms with Gasteiger partial charge in [-0.2, -0.15) is 0 Å². The highest BCUT2D eigenvalue weighted by Gasteiger charge is 2.24. The van der Waals surface area contributed by atoms with Crippen LogP contribution < -0.4 is 0 Å². The summed E-state index contributed by atoms with van der Waals surface area (Å²) in [5.74, 6) is 0. The molecule has 0 bridgehead atoms. The van der Waals surface area contributed by atoms with Gasteiger partial charge in [-0.05, 0) is 36.8 Å². The fourth-order valence-corrected chi connectivity index (χ4v) is 4.03. The van der Waals surface area contributed by atoms with Crippen LogP contribution in [-0.2, 0) is 5.41 Å². The number of para-hydroxylation sites is 2. The first-order chi connectivity index (χ1) is 14.3. The van der Waals surface area contributed by atoms with Gasteiger partial charge in [0.25, 0.3) is 0 Å². The SMILES string of the molecule is CC.CC1(c2ccccc2)C=Cc2c(n(-c3ccccc3)c3ccccc23)C=C1. The van der Waals surface area contributed by atoms with Gasteiger partial charge in [-0.15, -0.1) is 0 Å². The standard InChI is InChI=1S/C26H21N.C2H6/c1-26(20-10-4-2-5-11-20)18-16-23-22-14-8-9-15-24(22)27(25(23)17-19-26)21-12-6-3-7-13-21;1-2/h2-19H,1H3;1-2H3. The van der Waals surface area contributed by atoms with E-state index in [0.717, 1.165) is 0 Å². The van der Waals surface area contributed by atoms with E-state index in [-0.39, 0.29) is 5.41 Å². The van der Waals surface area contributed by atoms with Crippen LogP contribution in [-0.4, -0.2) is 4.57 Å². The zero-order valence-electron chi connectivity index (χ0n) is 17.3. The van der Waals surface area contributed by atoms with E-state index in [1.807, 2.05) is 13.8 Å². The minimum atomic E-state index is -0.122. The van der Waals surface area contributed by atoms with Crippen LogP contribution in [0, 0.1) is 0 Å². The molecule has 1 aliphatic carbocycles. The first kappa shape index (κ1) is 19.0. The molecule has 1 aromatic heterocycles.